The zero-order valence-electron chi connectivity index (χ0n) is 11.3. The summed E-state index contributed by atoms with van der Waals surface area (Å²) in [4.78, 5) is 15.4. The Bertz CT molecular complexity index is 651. The van der Waals surface area contributed by atoms with Gasteiger partial charge in [0, 0.05) is 18.0 Å². The number of hydrogen-bond acceptors (Lipinski definition) is 5. The Balaban J connectivity index is 1.94. The Kier molecular flexibility index (Phi) is 3.36. The third kappa shape index (κ3) is 2.14. The Labute approximate surface area is 121 Å². The monoisotopic (exact) mass is 288 g/mol. The summed E-state index contributed by atoms with van der Waals surface area (Å²) in [7, 11) is 1.37. The Morgan fingerprint density at radius 2 is 2.25 bits per heavy atom. The van der Waals surface area contributed by atoms with E-state index >= 15 is 0 Å². The maximum absolute atomic E-state index is 11.7. The van der Waals surface area contributed by atoms with Gasteiger partial charge in [0.1, 0.15) is 0 Å². The van der Waals surface area contributed by atoms with Crippen molar-refractivity contribution in [1.29, 1.82) is 0 Å². The number of carbonyl (C=O) groups excluding carboxylic acids is 1. The smallest absolute Gasteiger partial charge is 0.340 e. The van der Waals surface area contributed by atoms with Crippen LogP contribution in [0.5, 0.6) is 0 Å². The van der Waals surface area contributed by atoms with Gasteiger partial charge in [0.25, 0.3) is 0 Å². The standard InChI is InChI=1S/C15H16N2O2S/c1-19-15(18)11-3-2-4-12(14(11)16)17-7-5-13-10(9-17)6-8-20-13/h2-4,6,8H,5,7,9,16H2,1H3. The van der Waals surface area contributed by atoms with Gasteiger partial charge in [-0.15, -0.1) is 11.3 Å². The summed E-state index contributed by atoms with van der Waals surface area (Å²) in [6.07, 6.45) is 1.02. The fraction of sp³-hybridized carbons (Fsp3) is 0.267. The Morgan fingerprint density at radius 1 is 1.40 bits per heavy atom. The van der Waals surface area contributed by atoms with E-state index in [4.69, 9.17) is 10.5 Å². The van der Waals surface area contributed by atoms with Crippen molar-refractivity contribution in [3.63, 3.8) is 0 Å². The van der Waals surface area contributed by atoms with Crippen LogP contribution < -0.4 is 10.6 Å². The predicted octanol–water partition coefficient (Wildman–Crippen LogP) is 2.68. The van der Waals surface area contributed by atoms with E-state index in [-0.39, 0.29) is 0 Å². The first kappa shape index (κ1) is 13.0. The number of nitrogen functional groups attached to an aromatic ring is 1. The SMILES string of the molecule is COC(=O)c1cccc(N2CCc3sccc3C2)c1N. The summed E-state index contributed by atoms with van der Waals surface area (Å²) >= 11 is 1.81. The van der Waals surface area contributed by atoms with Crippen molar-refractivity contribution in [2.75, 3.05) is 24.3 Å². The molecular formula is C15H16N2O2S. The van der Waals surface area contributed by atoms with Gasteiger partial charge in [-0.25, -0.2) is 4.79 Å². The molecule has 1 aliphatic rings. The van der Waals surface area contributed by atoms with Crippen molar-refractivity contribution < 1.29 is 9.53 Å². The second-order valence-electron chi connectivity index (χ2n) is 4.77. The third-order valence-electron chi connectivity index (χ3n) is 3.64. The molecule has 3 rings (SSSR count). The summed E-state index contributed by atoms with van der Waals surface area (Å²) < 4.78 is 4.77. The highest BCUT2D eigenvalue weighted by Crippen LogP contribution is 2.32. The number of ether oxygens (including phenoxy) is 1. The van der Waals surface area contributed by atoms with Crippen molar-refractivity contribution in [2.24, 2.45) is 0 Å². The van der Waals surface area contributed by atoms with E-state index in [9.17, 15) is 4.79 Å². The quantitative estimate of drug-likeness (QED) is 0.682. The number of rotatable bonds is 2. The number of nitrogens with two attached hydrogens (primary N) is 1. The number of thiophene rings is 1. The van der Waals surface area contributed by atoms with Crippen LogP contribution in [0.25, 0.3) is 0 Å². The Morgan fingerprint density at radius 3 is 3.05 bits per heavy atom. The maximum Gasteiger partial charge on any atom is 0.340 e. The zero-order chi connectivity index (χ0) is 14.1. The van der Waals surface area contributed by atoms with E-state index in [1.54, 1.807) is 17.4 Å². The number of fused-ring (bicyclic) bond motifs is 1. The highest BCUT2D eigenvalue weighted by molar-refractivity contribution is 7.10. The van der Waals surface area contributed by atoms with Crippen molar-refractivity contribution in [3.8, 4) is 0 Å². The number of methoxy groups -OCH3 is 1. The molecule has 0 spiro atoms. The molecule has 104 valence electrons. The number of carbonyl (C=O) groups is 1. The van der Waals surface area contributed by atoms with E-state index in [0.717, 1.165) is 25.2 Å². The van der Waals surface area contributed by atoms with Crippen molar-refractivity contribution in [2.45, 2.75) is 13.0 Å². The first-order chi connectivity index (χ1) is 9.70. The predicted molar refractivity (Wildman–Crippen MR) is 81.3 cm³/mol. The van der Waals surface area contributed by atoms with Gasteiger partial charge < -0.3 is 15.4 Å². The largest absolute Gasteiger partial charge is 0.465 e. The van der Waals surface area contributed by atoms with Gasteiger partial charge in [-0.2, -0.15) is 0 Å². The lowest BCUT2D eigenvalue weighted by Gasteiger charge is -2.30. The van der Waals surface area contributed by atoms with Crippen LogP contribution in [0.3, 0.4) is 0 Å². The second-order valence-corrected chi connectivity index (χ2v) is 5.77. The molecule has 0 atom stereocenters. The summed E-state index contributed by atoms with van der Waals surface area (Å²) in [5.41, 5.74) is 9.33. The molecule has 0 saturated carbocycles. The number of benzene rings is 1. The lowest BCUT2D eigenvalue weighted by molar-refractivity contribution is 0.0602. The summed E-state index contributed by atoms with van der Waals surface area (Å²) in [6, 6.07) is 7.66. The molecule has 0 radical (unpaired) electrons. The minimum atomic E-state index is -0.391. The van der Waals surface area contributed by atoms with Crippen molar-refractivity contribution in [3.05, 3.63) is 45.6 Å². The highest BCUT2D eigenvalue weighted by atomic mass is 32.1. The van der Waals surface area contributed by atoms with Crippen LogP contribution in [0.1, 0.15) is 20.8 Å². The van der Waals surface area contributed by atoms with E-state index in [1.165, 1.54) is 17.6 Å². The van der Waals surface area contributed by atoms with Crippen LogP contribution >= 0.6 is 11.3 Å². The van der Waals surface area contributed by atoms with Gasteiger partial charge in [-0.3, -0.25) is 0 Å². The van der Waals surface area contributed by atoms with E-state index in [2.05, 4.69) is 16.3 Å². The van der Waals surface area contributed by atoms with Gasteiger partial charge in [-0.1, -0.05) is 6.07 Å². The molecule has 20 heavy (non-hydrogen) atoms. The van der Waals surface area contributed by atoms with Gasteiger partial charge >= 0.3 is 5.97 Å². The van der Waals surface area contributed by atoms with Crippen LogP contribution in [0.15, 0.2) is 29.6 Å². The number of anilines is 2. The molecule has 0 unspecified atom stereocenters. The molecule has 1 aliphatic heterocycles. The van der Waals surface area contributed by atoms with Crippen LogP contribution in [0.4, 0.5) is 11.4 Å². The van der Waals surface area contributed by atoms with Crippen molar-refractivity contribution in [1.82, 2.24) is 0 Å². The fourth-order valence-corrected chi connectivity index (χ4v) is 3.46. The van der Waals surface area contributed by atoms with Gasteiger partial charge in [-0.05, 0) is 35.6 Å². The summed E-state index contributed by atoms with van der Waals surface area (Å²) in [6.45, 7) is 1.76. The lowest BCUT2D eigenvalue weighted by Crippen LogP contribution is -2.30. The van der Waals surface area contributed by atoms with Crippen LogP contribution in [0, 0.1) is 0 Å². The van der Waals surface area contributed by atoms with Gasteiger partial charge in [0.05, 0.1) is 24.0 Å². The van der Waals surface area contributed by atoms with E-state index in [0.29, 0.717) is 11.3 Å². The third-order valence-corrected chi connectivity index (χ3v) is 4.66. The molecule has 1 aromatic carbocycles. The average Bonchev–Trinajstić information content (AvgIpc) is 2.94. The van der Waals surface area contributed by atoms with Gasteiger partial charge in [0.2, 0.25) is 0 Å². The average molecular weight is 288 g/mol. The second kappa shape index (κ2) is 5.17. The molecule has 0 fully saturated rings. The number of esters is 1. The number of hydrogen-bond donors (Lipinski definition) is 1. The fourth-order valence-electron chi connectivity index (χ4n) is 2.57. The molecule has 4 nitrogen and oxygen atoms in total. The van der Waals surface area contributed by atoms with E-state index in [1.807, 2.05) is 12.1 Å². The van der Waals surface area contributed by atoms with Crippen LogP contribution in [-0.4, -0.2) is 19.6 Å². The highest BCUT2D eigenvalue weighted by Gasteiger charge is 2.21. The molecule has 0 bridgehead atoms. The minimum absolute atomic E-state index is 0.391. The van der Waals surface area contributed by atoms with E-state index < -0.39 is 5.97 Å². The topological polar surface area (TPSA) is 55.6 Å². The first-order valence-electron chi connectivity index (χ1n) is 6.47. The van der Waals surface area contributed by atoms with Crippen LogP contribution in [-0.2, 0) is 17.7 Å². The number of para-hydroxylation sites is 1. The first-order valence-corrected chi connectivity index (χ1v) is 7.35. The molecule has 0 amide bonds. The minimum Gasteiger partial charge on any atom is -0.465 e. The Hall–Kier alpha value is -2.01. The molecular weight excluding hydrogens is 272 g/mol. The summed E-state index contributed by atoms with van der Waals surface area (Å²) in [5, 5.41) is 2.13. The molecule has 2 heterocycles. The molecule has 2 N–H and O–H groups in total. The molecule has 1 aromatic heterocycles. The molecule has 5 heteroatoms. The molecule has 0 aliphatic carbocycles. The van der Waals surface area contributed by atoms with Crippen LogP contribution in [0.2, 0.25) is 0 Å². The maximum atomic E-state index is 11.7. The number of nitrogens with zero attached hydrogens (tertiary/aromatic N) is 1. The lowest BCUT2D eigenvalue weighted by atomic mass is 10.1. The zero-order valence-corrected chi connectivity index (χ0v) is 12.1. The molecule has 0 saturated heterocycles. The van der Waals surface area contributed by atoms with Crippen molar-refractivity contribution >= 4 is 28.7 Å². The normalized spacial score (nSPS) is 13.9. The summed E-state index contributed by atoms with van der Waals surface area (Å²) in [5.74, 6) is -0.391. The molecule has 2 aromatic rings. The van der Waals surface area contributed by atoms with Gasteiger partial charge in [0.15, 0.2) is 0 Å².